The van der Waals surface area contributed by atoms with Crippen LogP contribution >= 0.6 is 0 Å². The van der Waals surface area contributed by atoms with Crippen molar-refractivity contribution in [2.75, 3.05) is 24.6 Å². The molecule has 2 rings (SSSR count). The maximum atomic E-state index is 9.13. The first-order valence-electron chi connectivity index (χ1n) is 6.35. The standard InChI is InChI=1S/C14H19N3O/c1-11-10-17(14(6-7-18)9-16-11)13-4-2-12(8-15)3-5-13/h2-5,11,14,16,18H,6-7,9-10H2,1H3. The van der Waals surface area contributed by atoms with Gasteiger partial charge < -0.3 is 15.3 Å². The summed E-state index contributed by atoms with van der Waals surface area (Å²) in [5, 5.41) is 21.4. The minimum absolute atomic E-state index is 0.202. The molecule has 2 unspecified atom stereocenters. The van der Waals surface area contributed by atoms with Gasteiger partial charge in [0.2, 0.25) is 0 Å². The lowest BCUT2D eigenvalue weighted by Gasteiger charge is -2.41. The first-order chi connectivity index (χ1) is 8.74. The van der Waals surface area contributed by atoms with Gasteiger partial charge in [-0.1, -0.05) is 0 Å². The number of hydrogen-bond donors (Lipinski definition) is 2. The molecule has 0 aromatic heterocycles. The summed E-state index contributed by atoms with van der Waals surface area (Å²) in [7, 11) is 0. The van der Waals surface area contributed by atoms with Crippen LogP contribution in [0.5, 0.6) is 0 Å². The lowest BCUT2D eigenvalue weighted by molar-refractivity contribution is 0.260. The zero-order chi connectivity index (χ0) is 13.0. The van der Waals surface area contributed by atoms with Crippen molar-refractivity contribution >= 4 is 5.69 Å². The molecule has 96 valence electrons. The molecule has 2 atom stereocenters. The number of hydrogen-bond acceptors (Lipinski definition) is 4. The predicted octanol–water partition coefficient (Wildman–Crippen LogP) is 1.11. The summed E-state index contributed by atoms with van der Waals surface area (Å²) >= 11 is 0. The number of piperazine rings is 1. The topological polar surface area (TPSA) is 59.3 Å². The van der Waals surface area contributed by atoms with E-state index in [4.69, 9.17) is 10.4 Å². The fraction of sp³-hybridized carbons (Fsp3) is 0.500. The maximum Gasteiger partial charge on any atom is 0.0991 e. The monoisotopic (exact) mass is 245 g/mol. The quantitative estimate of drug-likeness (QED) is 0.837. The molecule has 1 aromatic rings. The molecule has 0 saturated carbocycles. The Morgan fingerprint density at radius 2 is 2.17 bits per heavy atom. The van der Waals surface area contributed by atoms with Gasteiger partial charge in [0.25, 0.3) is 0 Å². The zero-order valence-electron chi connectivity index (χ0n) is 10.6. The van der Waals surface area contributed by atoms with Crippen LogP contribution in [0.15, 0.2) is 24.3 Å². The van der Waals surface area contributed by atoms with E-state index in [0.29, 0.717) is 17.6 Å². The van der Waals surface area contributed by atoms with Crippen LogP contribution in [-0.2, 0) is 0 Å². The van der Waals surface area contributed by atoms with Crippen molar-refractivity contribution in [1.29, 1.82) is 5.26 Å². The summed E-state index contributed by atoms with van der Waals surface area (Å²) in [6.45, 7) is 4.18. The molecule has 1 heterocycles. The predicted molar refractivity (Wildman–Crippen MR) is 71.5 cm³/mol. The first kappa shape index (κ1) is 12.9. The second-order valence-corrected chi connectivity index (χ2v) is 4.79. The van der Waals surface area contributed by atoms with E-state index in [0.717, 1.165) is 25.2 Å². The molecule has 0 amide bonds. The molecule has 2 N–H and O–H groups in total. The van der Waals surface area contributed by atoms with E-state index >= 15 is 0 Å². The van der Waals surface area contributed by atoms with E-state index in [9.17, 15) is 0 Å². The molecule has 1 saturated heterocycles. The molecule has 1 aliphatic rings. The molecule has 4 heteroatoms. The SMILES string of the molecule is CC1CN(c2ccc(C#N)cc2)C(CCO)CN1. The van der Waals surface area contributed by atoms with Gasteiger partial charge in [-0.2, -0.15) is 5.26 Å². The average molecular weight is 245 g/mol. The number of aliphatic hydroxyl groups excluding tert-OH is 1. The van der Waals surface area contributed by atoms with Crippen LogP contribution in [0.3, 0.4) is 0 Å². The van der Waals surface area contributed by atoms with E-state index in [1.54, 1.807) is 0 Å². The van der Waals surface area contributed by atoms with Crippen molar-refractivity contribution in [3.05, 3.63) is 29.8 Å². The number of rotatable bonds is 3. The van der Waals surface area contributed by atoms with Gasteiger partial charge in [0.05, 0.1) is 11.6 Å². The van der Waals surface area contributed by atoms with Crippen LogP contribution in [0.25, 0.3) is 0 Å². The van der Waals surface area contributed by atoms with Crippen LogP contribution in [0.2, 0.25) is 0 Å². The summed E-state index contributed by atoms with van der Waals surface area (Å²) in [5.41, 5.74) is 1.81. The molecule has 1 aliphatic heterocycles. The Labute approximate surface area is 108 Å². The van der Waals surface area contributed by atoms with Gasteiger partial charge in [-0.05, 0) is 37.6 Å². The fourth-order valence-electron chi connectivity index (χ4n) is 2.41. The van der Waals surface area contributed by atoms with Crippen molar-refractivity contribution < 1.29 is 5.11 Å². The van der Waals surface area contributed by atoms with Crippen LogP contribution < -0.4 is 10.2 Å². The summed E-state index contributed by atoms with van der Waals surface area (Å²) in [5.74, 6) is 0. The van der Waals surface area contributed by atoms with E-state index in [1.165, 1.54) is 0 Å². The summed E-state index contributed by atoms with van der Waals surface area (Å²) in [6, 6.07) is 10.6. The van der Waals surface area contributed by atoms with Gasteiger partial charge in [-0.3, -0.25) is 0 Å². The molecule has 0 bridgehead atoms. The number of nitrogens with one attached hydrogen (secondary N) is 1. The van der Waals surface area contributed by atoms with Crippen molar-refractivity contribution in [2.24, 2.45) is 0 Å². The Bertz CT molecular complexity index is 424. The highest BCUT2D eigenvalue weighted by atomic mass is 16.3. The van der Waals surface area contributed by atoms with Gasteiger partial charge in [-0.15, -0.1) is 0 Å². The Hall–Kier alpha value is -1.57. The van der Waals surface area contributed by atoms with Gasteiger partial charge >= 0.3 is 0 Å². The number of anilines is 1. The van der Waals surface area contributed by atoms with Crippen LogP contribution in [-0.4, -0.2) is 36.9 Å². The van der Waals surface area contributed by atoms with Gasteiger partial charge in [-0.25, -0.2) is 0 Å². The van der Waals surface area contributed by atoms with Crippen LogP contribution in [0.4, 0.5) is 5.69 Å². The van der Waals surface area contributed by atoms with Gasteiger partial charge in [0.1, 0.15) is 0 Å². The molecule has 0 aliphatic carbocycles. The molecule has 18 heavy (non-hydrogen) atoms. The molecule has 0 radical (unpaired) electrons. The Balaban J connectivity index is 2.18. The van der Waals surface area contributed by atoms with E-state index in [1.807, 2.05) is 24.3 Å². The average Bonchev–Trinajstić information content (AvgIpc) is 2.41. The Kier molecular flexibility index (Phi) is 4.19. The molecular weight excluding hydrogens is 226 g/mol. The van der Waals surface area contributed by atoms with Crippen molar-refractivity contribution in [3.63, 3.8) is 0 Å². The number of nitriles is 1. The highest BCUT2D eigenvalue weighted by Crippen LogP contribution is 2.21. The largest absolute Gasteiger partial charge is 0.396 e. The second-order valence-electron chi connectivity index (χ2n) is 4.79. The zero-order valence-corrected chi connectivity index (χ0v) is 10.6. The third-order valence-electron chi connectivity index (χ3n) is 3.40. The second kappa shape index (κ2) is 5.85. The highest BCUT2D eigenvalue weighted by Gasteiger charge is 2.25. The number of benzene rings is 1. The lowest BCUT2D eigenvalue weighted by Crippen LogP contribution is -2.56. The minimum atomic E-state index is 0.202. The lowest BCUT2D eigenvalue weighted by atomic mass is 10.1. The van der Waals surface area contributed by atoms with E-state index in [2.05, 4.69) is 23.2 Å². The maximum absolute atomic E-state index is 9.13. The Morgan fingerprint density at radius 1 is 1.44 bits per heavy atom. The minimum Gasteiger partial charge on any atom is -0.396 e. The summed E-state index contributed by atoms with van der Waals surface area (Å²) in [4.78, 5) is 2.32. The molecule has 1 fully saturated rings. The van der Waals surface area contributed by atoms with Gasteiger partial charge in [0, 0.05) is 37.5 Å². The third kappa shape index (κ3) is 2.81. The molecule has 4 nitrogen and oxygen atoms in total. The smallest absolute Gasteiger partial charge is 0.0991 e. The highest BCUT2D eigenvalue weighted by molar-refractivity contribution is 5.51. The van der Waals surface area contributed by atoms with Crippen LogP contribution in [0, 0.1) is 11.3 Å². The number of aliphatic hydroxyl groups is 1. The summed E-state index contributed by atoms with van der Waals surface area (Å²) in [6.07, 6.45) is 0.764. The number of nitrogens with zero attached hydrogens (tertiary/aromatic N) is 2. The fourth-order valence-corrected chi connectivity index (χ4v) is 2.41. The van der Waals surface area contributed by atoms with Crippen LogP contribution in [0.1, 0.15) is 18.9 Å². The molecular formula is C14H19N3O. The van der Waals surface area contributed by atoms with Crippen molar-refractivity contribution in [3.8, 4) is 6.07 Å². The van der Waals surface area contributed by atoms with E-state index in [-0.39, 0.29) is 6.61 Å². The normalized spacial score (nSPS) is 23.7. The summed E-state index contributed by atoms with van der Waals surface area (Å²) < 4.78 is 0. The van der Waals surface area contributed by atoms with E-state index < -0.39 is 0 Å². The Morgan fingerprint density at radius 3 is 2.78 bits per heavy atom. The third-order valence-corrected chi connectivity index (χ3v) is 3.40. The van der Waals surface area contributed by atoms with Crippen molar-refractivity contribution in [1.82, 2.24) is 5.32 Å². The first-order valence-corrected chi connectivity index (χ1v) is 6.35. The van der Waals surface area contributed by atoms with Crippen molar-refractivity contribution in [2.45, 2.75) is 25.4 Å². The molecule has 1 aromatic carbocycles. The van der Waals surface area contributed by atoms with Gasteiger partial charge in [0.15, 0.2) is 0 Å². The molecule has 0 spiro atoms.